The average molecular weight is 434 g/mol. The van der Waals surface area contributed by atoms with Crippen LogP contribution in [0.1, 0.15) is 19.3 Å². The first-order valence-electron chi connectivity index (χ1n) is 9.69. The van der Waals surface area contributed by atoms with Crippen molar-refractivity contribution in [3.8, 4) is 11.5 Å². The molecule has 0 spiro atoms. The van der Waals surface area contributed by atoms with Crippen LogP contribution in [0.15, 0.2) is 53.4 Å². The number of ether oxygens (including phenoxy) is 1. The van der Waals surface area contributed by atoms with Gasteiger partial charge >= 0.3 is 0 Å². The van der Waals surface area contributed by atoms with Crippen molar-refractivity contribution in [2.75, 3.05) is 23.4 Å². The Hall–Kier alpha value is -1.87. The SMILES string of the molecule is NCCCCC(N)C(=O)Nc1ccc(Oc2ccc(S(=O)CC3CS3)cc2)cc1. The van der Waals surface area contributed by atoms with Gasteiger partial charge in [-0.05, 0) is 67.9 Å². The first-order chi connectivity index (χ1) is 14.0. The first kappa shape index (κ1) is 21.8. The number of rotatable bonds is 11. The number of unbranched alkanes of at least 4 members (excludes halogenated alkanes) is 1. The molecule has 3 unspecified atom stereocenters. The number of nitrogens with two attached hydrogens (primary N) is 2. The Morgan fingerprint density at radius 3 is 2.34 bits per heavy atom. The van der Waals surface area contributed by atoms with E-state index in [0.717, 1.165) is 23.5 Å². The van der Waals surface area contributed by atoms with Crippen LogP contribution in [0.5, 0.6) is 11.5 Å². The van der Waals surface area contributed by atoms with Crippen LogP contribution in [0.3, 0.4) is 0 Å². The molecule has 1 fully saturated rings. The van der Waals surface area contributed by atoms with E-state index in [2.05, 4.69) is 5.32 Å². The number of hydrogen-bond donors (Lipinski definition) is 3. The highest BCUT2D eigenvalue weighted by atomic mass is 32.2. The zero-order valence-corrected chi connectivity index (χ0v) is 17.8. The van der Waals surface area contributed by atoms with Crippen molar-refractivity contribution in [3.63, 3.8) is 0 Å². The van der Waals surface area contributed by atoms with E-state index in [1.165, 1.54) is 0 Å². The summed E-state index contributed by atoms with van der Waals surface area (Å²) in [7, 11) is -0.955. The zero-order valence-electron chi connectivity index (χ0n) is 16.2. The van der Waals surface area contributed by atoms with Crippen molar-refractivity contribution in [3.05, 3.63) is 48.5 Å². The van der Waals surface area contributed by atoms with Gasteiger partial charge in [0, 0.05) is 27.3 Å². The fraction of sp³-hybridized carbons (Fsp3) is 0.381. The number of anilines is 1. The summed E-state index contributed by atoms with van der Waals surface area (Å²) < 4.78 is 18.0. The van der Waals surface area contributed by atoms with Crippen LogP contribution < -0.4 is 21.5 Å². The molecule has 0 aromatic heterocycles. The minimum Gasteiger partial charge on any atom is -0.457 e. The maximum absolute atomic E-state index is 12.2. The molecule has 2 aromatic rings. The lowest BCUT2D eigenvalue weighted by molar-refractivity contribution is -0.117. The number of benzene rings is 2. The molecule has 3 rings (SSSR count). The maximum atomic E-state index is 12.2. The van der Waals surface area contributed by atoms with Crippen LogP contribution in [-0.4, -0.2) is 39.5 Å². The standard InChI is InChI=1S/C21H27N3O3S2/c22-12-2-1-3-20(23)21(25)24-15-4-6-16(7-5-15)27-17-8-10-19(11-9-17)29(26)14-18-13-28-18/h4-11,18,20H,1-3,12-14,22-23H2,(H,24,25). The summed E-state index contributed by atoms with van der Waals surface area (Å²) in [6, 6.07) is 13.9. The van der Waals surface area contributed by atoms with Gasteiger partial charge in [0.1, 0.15) is 11.5 Å². The van der Waals surface area contributed by atoms with Gasteiger partial charge in [-0.25, -0.2) is 0 Å². The second-order valence-electron chi connectivity index (χ2n) is 6.95. The summed E-state index contributed by atoms with van der Waals surface area (Å²) in [4.78, 5) is 12.9. The highest BCUT2D eigenvalue weighted by molar-refractivity contribution is 8.07. The van der Waals surface area contributed by atoms with Crippen LogP contribution in [0.4, 0.5) is 5.69 Å². The number of nitrogens with one attached hydrogen (secondary N) is 1. The Balaban J connectivity index is 1.49. The summed E-state index contributed by atoms with van der Waals surface area (Å²) in [5, 5.41) is 3.36. The van der Waals surface area contributed by atoms with Crippen molar-refractivity contribution < 1.29 is 13.7 Å². The maximum Gasteiger partial charge on any atom is 0.241 e. The van der Waals surface area contributed by atoms with E-state index < -0.39 is 16.8 Å². The van der Waals surface area contributed by atoms with E-state index in [1.807, 2.05) is 36.0 Å². The molecule has 1 heterocycles. The lowest BCUT2D eigenvalue weighted by atomic mass is 10.1. The molecule has 2 aromatic carbocycles. The number of carbonyl (C=O) groups excluding carboxylic acids is 1. The van der Waals surface area contributed by atoms with Gasteiger partial charge in [-0.1, -0.05) is 6.42 Å². The third-order valence-corrected chi connectivity index (χ3v) is 7.18. The van der Waals surface area contributed by atoms with Gasteiger partial charge in [-0.2, -0.15) is 11.8 Å². The normalized spacial score (nSPS) is 17.4. The Morgan fingerprint density at radius 1 is 1.14 bits per heavy atom. The van der Waals surface area contributed by atoms with Gasteiger partial charge in [-0.3, -0.25) is 9.00 Å². The van der Waals surface area contributed by atoms with Crippen molar-refractivity contribution in [2.45, 2.75) is 35.4 Å². The lowest BCUT2D eigenvalue weighted by Gasteiger charge is -2.12. The van der Waals surface area contributed by atoms with Crippen molar-refractivity contribution in [1.82, 2.24) is 0 Å². The minimum atomic E-state index is -0.955. The Morgan fingerprint density at radius 2 is 1.76 bits per heavy atom. The predicted octanol–water partition coefficient (Wildman–Crippen LogP) is 3.10. The molecule has 0 saturated carbocycles. The molecule has 5 N–H and O–H groups in total. The number of thioether (sulfide) groups is 1. The molecular weight excluding hydrogens is 406 g/mol. The second-order valence-corrected chi connectivity index (χ2v) is 9.77. The predicted molar refractivity (Wildman–Crippen MR) is 120 cm³/mol. The molecule has 29 heavy (non-hydrogen) atoms. The van der Waals surface area contributed by atoms with Crippen molar-refractivity contribution >= 4 is 34.2 Å². The smallest absolute Gasteiger partial charge is 0.241 e. The molecule has 1 saturated heterocycles. The third kappa shape index (κ3) is 7.15. The van der Waals surface area contributed by atoms with E-state index in [4.69, 9.17) is 16.2 Å². The van der Waals surface area contributed by atoms with Crippen LogP contribution >= 0.6 is 11.8 Å². The highest BCUT2D eigenvalue weighted by Crippen LogP contribution is 2.32. The van der Waals surface area contributed by atoms with E-state index in [1.54, 1.807) is 24.3 Å². The Kier molecular flexibility index (Phi) is 8.11. The molecule has 1 amide bonds. The van der Waals surface area contributed by atoms with Gasteiger partial charge in [0.2, 0.25) is 5.91 Å². The molecule has 1 aliphatic heterocycles. The fourth-order valence-electron chi connectivity index (χ4n) is 2.71. The van der Waals surface area contributed by atoms with E-state index in [0.29, 0.717) is 41.2 Å². The molecule has 8 heteroatoms. The largest absolute Gasteiger partial charge is 0.457 e. The average Bonchev–Trinajstić information content (AvgIpc) is 3.54. The lowest BCUT2D eigenvalue weighted by Crippen LogP contribution is -2.35. The topological polar surface area (TPSA) is 107 Å². The van der Waals surface area contributed by atoms with Crippen molar-refractivity contribution in [2.24, 2.45) is 11.5 Å². The molecule has 156 valence electrons. The van der Waals surface area contributed by atoms with Crippen LogP contribution in [0, 0.1) is 0 Å². The summed E-state index contributed by atoms with van der Waals surface area (Å²) in [5.41, 5.74) is 12.0. The van der Waals surface area contributed by atoms with Crippen LogP contribution in [0.25, 0.3) is 0 Å². The molecule has 0 bridgehead atoms. The second kappa shape index (κ2) is 10.8. The molecular formula is C21H27N3O3S2. The molecule has 6 nitrogen and oxygen atoms in total. The van der Waals surface area contributed by atoms with Crippen LogP contribution in [0.2, 0.25) is 0 Å². The quantitative estimate of drug-likeness (QED) is 0.371. The Labute approximate surface area is 178 Å². The number of amides is 1. The van der Waals surface area contributed by atoms with Gasteiger partial charge in [-0.15, -0.1) is 0 Å². The fourth-order valence-corrected chi connectivity index (χ4v) is 4.95. The van der Waals surface area contributed by atoms with Gasteiger partial charge < -0.3 is 21.5 Å². The molecule has 3 atom stereocenters. The van der Waals surface area contributed by atoms with E-state index in [-0.39, 0.29) is 5.91 Å². The van der Waals surface area contributed by atoms with E-state index >= 15 is 0 Å². The molecule has 0 aliphatic carbocycles. The number of hydrogen-bond acceptors (Lipinski definition) is 6. The third-order valence-electron chi connectivity index (χ3n) is 4.49. The highest BCUT2D eigenvalue weighted by Gasteiger charge is 2.25. The van der Waals surface area contributed by atoms with Gasteiger partial charge in [0.05, 0.1) is 16.8 Å². The molecule has 0 radical (unpaired) electrons. The van der Waals surface area contributed by atoms with Gasteiger partial charge in [0.25, 0.3) is 0 Å². The van der Waals surface area contributed by atoms with E-state index in [9.17, 15) is 9.00 Å². The van der Waals surface area contributed by atoms with Crippen LogP contribution in [-0.2, 0) is 15.6 Å². The summed E-state index contributed by atoms with van der Waals surface area (Å²) >= 11 is 1.85. The van der Waals surface area contributed by atoms with Gasteiger partial charge in [0.15, 0.2) is 0 Å². The zero-order chi connectivity index (χ0) is 20.6. The summed E-state index contributed by atoms with van der Waals surface area (Å²) in [6.45, 7) is 0.607. The Bertz CT molecular complexity index is 824. The van der Waals surface area contributed by atoms with Crippen molar-refractivity contribution in [1.29, 1.82) is 0 Å². The summed E-state index contributed by atoms with van der Waals surface area (Å²) in [6.07, 6.45) is 2.32. The summed E-state index contributed by atoms with van der Waals surface area (Å²) in [5.74, 6) is 2.95. The minimum absolute atomic E-state index is 0.205. The first-order valence-corrected chi connectivity index (χ1v) is 12.1. The molecule has 1 aliphatic rings. The number of carbonyl (C=O) groups is 1. The monoisotopic (exact) mass is 433 g/mol.